The Hall–Kier alpha value is -0.610. The van der Waals surface area contributed by atoms with E-state index in [9.17, 15) is 4.79 Å². The van der Waals surface area contributed by atoms with Gasteiger partial charge in [-0.2, -0.15) is 0 Å². The molecule has 3 nitrogen and oxygen atoms in total. The van der Waals surface area contributed by atoms with Gasteiger partial charge >= 0.3 is 0 Å². The van der Waals surface area contributed by atoms with Crippen molar-refractivity contribution in [2.24, 2.45) is 0 Å². The first-order valence-corrected chi connectivity index (χ1v) is 4.92. The van der Waals surface area contributed by atoms with Gasteiger partial charge in [-0.3, -0.25) is 4.79 Å². The summed E-state index contributed by atoms with van der Waals surface area (Å²) in [5.74, 6) is -0.169. The van der Waals surface area contributed by atoms with Gasteiger partial charge in [0.15, 0.2) is 0 Å². The molecule has 1 rings (SSSR count). The quantitative estimate of drug-likeness (QED) is 0.604. The molecule has 0 atom stereocenters. The molecular formula is C8H8BrClN2O. The highest BCUT2D eigenvalue weighted by Crippen LogP contribution is 2.14. The Morgan fingerprint density at radius 2 is 2.38 bits per heavy atom. The van der Waals surface area contributed by atoms with Gasteiger partial charge in [-0.25, -0.2) is 4.98 Å². The van der Waals surface area contributed by atoms with E-state index in [1.54, 1.807) is 25.4 Å². The summed E-state index contributed by atoms with van der Waals surface area (Å²) in [5, 5.41) is 0. The summed E-state index contributed by atoms with van der Waals surface area (Å²) in [5.41, 5.74) is 0.730. The third-order valence-electron chi connectivity index (χ3n) is 1.59. The van der Waals surface area contributed by atoms with Crippen LogP contribution in [-0.2, 0) is 4.79 Å². The molecule has 0 unspecified atom stereocenters. The normalized spacial score (nSPS) is 9.77. The second-order valence-corrected chi connectivity index (χ2v) is 3.51. The number of hydrogen-bond donors (Lipinski definition) is 0. The van der Waals surface area contributed by atoms with Crippen molar-refractivity contribution in [3.05, 3.63) is 22.9 Å². The zero-order chi connectivity index (χ0) is 9.84. The van der Waals surface area contributed by atoms with E-state index >= 15 is 0 Å². The molecule has 0 N–H and O–H groups in total. The summed E-state index contributed by atoms with van der Waals surface area (Å²) in [6, 6.07) is 3.56. The predicted molar refractivity (Wildman–Crippen MR) is 56.1 cm³/mol. The highest BCUT2D eigenvalue weighted by atomic mass is 79.9. The highest BCUT2D eigenvalue weighted by Gasteiger charge is 2.08. The Morgan fingerprint density at radius 1 is 1.69 bits per heavy atom. The number of halogens is 2. The molecule has 1 aromatic rings. The summed E-state index contributed by atoms with van der Waals surface area (Å²) in [6.45, 7) is 0. The molecule has 0 spiro atoms. The topological polar surface area (TPSA) is 33.2 Å². The molecule has 0 fully saturated rings. The second-order valence-electron chi connectivity index (χ2n) is 2.43. The molecule has 1 aromatic heterocycles. The van der Waals surface area contributed by atoms with Gasteiger partial charge in [0.25, 0.3) is 0 Å². The van der Waals surface area contributed by atoms with Crippen LogP contribution in [0, 0.1) is 0 Å². The van der Waals surface area contributed by atoms with Crippen LogP contribution >= 0.6 is 27.5 Å². The van der Waals surface area contributed by atoms with Gasteiger partial charge in [0.1, 0.15) is 10.5 Å². The van der Waals surface area contributed by atoms with Crippen molar-refractivity contribution in [1.82, 2.24) is 4.98 Å². The molecule has 1 heterocycles. The average Bonchev–Trinajstić information content (AvgIpc) is 2.17. The Balaban J connectivity index is 2.83. The maximum absolute atomic E-state index is 11.2. The molecule has 0 aromatic carbocycles. The molecule has 0 aliphatic heterocycles. The number of aromatic nitrogens is 1. The molecule has 0 saturated carbocycles. The van der Waals surface area contributed by atoms with Crippen molar-refractivity contribution in [2.75, 3.05) is 17.8 Å². The van der Waals surface area contributed by atoms with Crippen LogP contribution in [0.2, 0.25) is 0 Å². The van der Waals surface area contributed by atoms with Crippen LogP contribution < -0.4 is 4.90 Å². The smallest absolute Gasteiger partial charge is 0.241 e. The third-order valence-corrected chi connectivity index (χ3v) is 2.29. The lowest BCUT2D eigenvalue weighted by molar-refractivity contribution is -0.116. The number of alkyl halides is 1. The fourth-order valence-corrected chi connectivity index (χ4v) is 1.21. The fraction of sp³-hybridized carbons (Fsp3) is 0.250. The first kappa shape index (κ1) is 10.5. The second kappa shape index (κ2) is 4.58. The Bertz CT molecular complexity index is 302. The van der Waals surface area contributed by atoms with Crippen molar-refractivity contribution in [1.29, 1.82) is 0 Å². The summed E-state index contributed by atoms with van der Waals surface area (Å²) in [6.07, 6.45) is 1.61. The van der Waals surface area contributed by atoms with Gasteiger partial charge in [0, 0.05) is 7.05 Å². The number of nitrogens with zero attached hydrogens (tertiary/aromatic N) is 2. The summed E-state index contributed by atoms with van der Waals surface area (Å²) in [7, 11) is 1.66. The number of pyridine rings is 1. The van der Waals surface area contributed by atoms with Crippen LogP contribution in [0.5, 0.6) is 0 Å². The van der Waals surface area contributed by atoms with E-state index < -0.39 is 0 Å². The summed E-state index contributed by atoms with van der Waals surface area (Å²) in [4.78, 5) is 16.6. The Kier molecular flexibility index (Phi) is 3.69. The van der Waals surface area contributed by atoms with Crippen molar-refractivity contribution < 1.29 is 4.79 Å². The van der Waals surface area contributed by atoms with Crippen LogP contribution in [-0.4, -0.2) is 23.8 Å². The minimum Gasteiger partial charge on any atom is -0.313 e. The van der Waals surface area contributed by atoms with E-state index in [1.165, 1.54) is 4.90 Å². The van der Waals surface area contributed by atoms with Gasteiger partial charge in [-0.15, -0.1) is 11.6 Å². The zero-order valence-corrected chi connectivity index (χ0v) is 9.34. The predicted octanol–water partition coefficient (Wildman–Crippen LogP) is 2.05. The Labute approximate surface area is 89.8 Å². The van der Waals surface area contributed by atoms with E-state index in [0.29, 0.717) is 0 Å². The van der Waals surface area contributed by atoms with Crippen molar-refractivity contribution in [3.63, 3.8) is 0 Å². The summed E-state index contributed by atoms with van der Waals surface area (Å²) < 4.78 is 0.739. The standard InChI is InChI=1S/C8H8BrClN2O/c1-12(8(13)4-10)6-2-3-7(9)11-5-6/h2-3,5H,4H2,1H3. The summed E-state index contributed by atoms with van der Waals surface area (Å²) >= 11 is 8.62. The molecule has 0 bridgehead atoms. The maximum atomic E-state index is 11.2. The number of carbonyl (C=O) groups is 1. The van der Waals surface area contributed by atoms with Crippen molar-refractivity contribution in [3.8, 4) is 0 Å². The van der Waals surface area contributed by atoms with Gasteiger partial charge in [-0.05, 0) is 28.1 Å². The molecule has 70 valence electrons. The number of hydrogen-bond acceptors (Lipinski definition) is 2. The number of amides is 1. The zero-order valence-electron chi connectivity index (χ0n) is 7.00. The van der Waals surface area contributed by atoms with E-state index in [0.717, 1.165) is 10.3 Å². The number of rotatable bonds is 2. The number of carbonyl (C=O) groups excluding carboxylic acids is 1. The van der Waals surface area contributed by atoms with E-state index in [4.69, 9.17) is 11.6 Å². The van der Waals surface area contributed by atoms with Crippen LogP contribution in [0.25, 0.3) is 0 Å². The lowest BCUT2D eigenvalue weighted by atomic mass is 10.4. The van der Waals surface area contributed by atoms with Gasteiger partial charge in [0.2, 0.25) is 5.91 Å². The van der Waals surface area contributed by atoms with E-state index in [-0.39, 0.29) is 11.8 Å². The first-order chi connectivity index (χ1) is 6.15. The average molecular weight is 264 g/mol. The van der Waals surface area contributed by atoms with Crippen LogP contribution in [0.15, 0.2) is 22.9 Å². The molecule has 0 aliphatic carbocycles. The van der Waals surface area contributed by atoms with Gasteiger partial charge in [0.05, 0.1) is 11.9 Å². The van der Waals surface area contributed by atoms with Crippen LogP contribution in [0.1, 0.15) is 0 Å². The fourth-order valence-electron chi connectivity index (χ4n) is 0.800. The molecule has 5 heteroatoms. The molecule has 0 saturated heterocycles. The molecular weight excluding hydrogens is 255 g/mol. The highest BCUT2D eigenvalue weighted by molar-refractivity contribution is 9.10. The van der Waals surface area contributed by atoms with Gasteiger partial charge in [-0.1, -0.05) is 0 Å². The molecule has 0 radical (unpaired) electrons. The lowest BCUT2D eigenvalue weighted by Crippen LogP contribution is -2.27. The largest absolute Gasteiger partial charge is 0.313 e. The van der Waals surface area contributed by atoms with E-state index in [1.807, 2.05) is 0 Å². The number of anilines is 1. The van der Waals surface area contributed by atoms with Crippen LogP contribution in [0.3, 0.4) is 0 Å². The molecule has 1 amide bonds. The minimum absolute atomic E-state index is 0.0213. The van der Waals surface area contributed by atoms with Gasteiger partial charge < -0.3 is 4.90 Å². The molecule has 13 heavy (non-hydrogen) atoms. The lowest BCUT2D eigenvalue weighted by Gasteiger charge is -2.14. The van der Waals surface area contributed by atoms with Crippen LogP contribution in [0.4, 0.5) is 5.69 Å². The third kappa shape index (κ3) is 2.67. The van der Waals surface area contributed by atoms with Crippen molar-refractivity contribution in [2.45, 2.75) is 0 Å². The monoisotopic (exact) mass is 262 g/mol. The van der Waals surface area contributed by atoms with E-state index in [2.05, 4.69) is 20.9 Å². The van der Waals surface area contributed by atoms with Crippen molar-refractivity contribution >= 4 is 39.1 Å². The SMILES string of the molecule is CN(C(=O)CCl)c1ccc(Br)nc1. The Morgan fingerprint density at radius 3 is 2.85 bits per heavy atom. The minimum atomic E-state index is -0.147. The first-order valence-electron chi connectivity index (χ1n) is 3.59. The molecule has 0 aliphatic rings. The maximum Gasteiger partial charge on any atom is 0.241 e.